The molecule has 114 valence electrons. The number of para-hydroxylation sites is 1. The maximum absolute atomic E-state index is 12.2. The van der Waals surface area contributed by atoms with Gasteiger partial charge in [-0.3, -0.25) is 4.79 Å². The minimum absolute atomic E-state index is 0.129. The second-order valence-corrected chi connectivity index (χ2v) is 4.83. The summed E-state index contributed by atoms with van der Waals surface area (Å²) in [6.45, 7) is 0.636. The maximum atomic E-state index is 12.2. The quantitative estimate of drug-likeness (QED) is 0.779. The number of benzene rings is 1. The van der Waals surface area contributed by atoms with Gasteiger partial charge in [-0.2, -0.15) is 0 Å². The lowest BCUT2D eigenvalue weighted by Gasteiger charge is -2.33. The Bertz CT molecular complexity index is 522. The molecule has 1 aliphatic heterocycles. The molecular weight excluding hydrogens is 298 g/mol. The first kappa shape index (κ1) is 15.6. The van der Waals surface area contributed by atoms with Crippen LogP contribution in [0.1, 0.15) is 0 Å². The highest BCUT2D eigenvalue weighted by atomic mass is 35.5. The van der Waals surface area contributed by atoms with Crippen molar-refractivity contribution in [1.29, 1.82) is 0 Å². The van der Waals surface area contributed by atoms with E-state index in [-0.39, 0.29) is 19.1 Å². The van der Waals surface area contributed by atoms with E-state index in [4.69, 9.17) is 21.1 Å². The van der Waals surface area contributed by atoms with Crippen LogP contribution in [0.5, 0.6) is 5.75 Å². The van der Waals surface area contributed by atoms with Crippen molar-refractivity contribution in [3.63, 3.8) is 0 Å². The summed E-state index contributed by atoms with van der Waals surface area (Å²) in [5.74, 6) is -0.384. The van der Waals surface area contributed by atoms with Crippen molar-refractivity contribution >= 4 is 23.5 Å². The average Bonchev–Trinajstić information content (AvgIpc) is 2.53. The average molecular weight is 314 g/mol. The van der Waals surface area contributed by atoms with E-state index in [0.717, 1.165) is 0 Å². The van der Waals surface area contributed by atoms with Gasteiger partial charge in [0, 0.05) is 6.54 Å². The fourth-order valence-corrected chi connectivity index (χ4v) is 2.21. The summed E-state index contributed by atoms with van der Waals surface area (Å²) in [6.07, 6.45) is 0. The molecule has 21 heavy (non-hydrogen) atoms. The molecule has 7 heteroatoms. The Morgan fingerprint density at radius 3 is 2.90 bits per heavy atom. The van der Waals surface area contributed by atoms with Crippen molar-refractivity contribution in [2.24, 2.45) is 0 Å². The summed E-state index contributed by atoms with van der Waals surface area (Å²) in [4.78, 5) is 25.3. The summed E-state index contributed by atoms with van der Waals surface area (Å²) >= 11 is 5.95. The predicted octanol–water partition coefficient (Wildman–Crippen LogP) is 1.12. The number of methoxy groups -OCH3 is 1. The van der Waals surface area contributed by atoms with Crippen molar-refractivity contribution in [1.82, 2.24) is 4.90 Å². The number of carbonyl (C=O) groups is 2. The number of esters is 1. The normalized spacial score (nSPS) is 18.2. The number of nitrogens with zero attached hydrogens (tertiary/aromatic N) is 1. The Balaban J connectivity index is 1.98. The number of ether oxygens (including phenoxy) is 3. The lowest BCUT2D eigenvalue weighted by molar-refractivity contribution is -0.161. The molecule has 0 saturated carbocycles. The first-order chi connectivity index (χ1) is 10.1. The Labute approximate surface area is 127 Å². The molecule has 1 atom stereocenters. The van der Waals surface area contributed by atoms with Gasteiger partial charge in [0.15, 0.2) is 12.6 Å². The fraction of sp³-hybridized carbons (Fsp3) is 0.429. The van der Waals surface area contributed by atoms with Gasteiger partial charge >= 0.3 is 5.97 Å². The lowest BCUT2D eigenvalue weighted by Crippen LogP contribution is -2.54. The van der Waals surface area contributed by atoms with Crippen molar-refractivity contribution < 1.29 is 23.8 Å². The SMILES string of the molecule is COC(=O)C1COCCN1C(=O)COc1ccccc1Cl. The van der Waals surface area contributed by atoms with Crippen LogP contribution < -0.4 is 4.74 Å². The summed E-state index contributed by atoms with van der Waals surface area (Å²) in [5, 5.41) is 0.428. The molecule has 0 bridgehead atoms. The third-order valence-corrected chi connectivity index (χ3v) is 3.42. The maximum Gasteiger partial charge on any atom is 0.331 e. The molecule has 0 radical (unpaired) electrons. The van der Waals surface area contributed by atoms with Gasteiger partial charge in [0.25, 0.3) is 5.91 Å². The fourth-order valence-electron chi connectivity index (χ4n) is 2.02. The largest absolute Gasteiger partial charge is 0.482 e. The van der Waals surface area contributed by atoms with E-state index in [1.54, 1.807) is 24.3 Å². The molecule has 1 aromatic carbocycles. The van der Waals surface area contributed by atoms with Gasteiger partial charge in [-0.15, -0.1) is 0 Å². The van der Waals surface area contributed by atoms with Crippen LogP contribution in [0.2, 0.25) is 5.02 Å². The third kappa shape index (κ3) is 3.86. The van der Waals surface area contributed by atoms with Crippen molar-refractivity contribution in [3.05, 3.63) is 29.3 Å². The molecule has 2 rings (SSSR count). The van der Waals surface area contributed by atoms with Gasteiger partial charge in [-0.1, -0.05) is 23.7 Å². The highest BCUT2D eigenvalue weighted by Crippen LogP contribution is 2.23. The number of morpholine rings is 1. The molecule has 1 saturated heterocycles. The number of halogens is 1. The minimum Gasteiger partial charge on any atom is -0.482 e. The van der Waals surface area contributed by atoms with Gasteiger partial charge in [-0.05, 0) is 12.1 Å². The van der Waals surface area contributed by atoms with E-state index >= 15 is 0 Å². The van der Waals surface area contributed by atoms with Crippen molar-refractivity contribution in [2.45, 2.75) is 6.04 Å². The Kier molecular flexibility index (Phi) is 5.41. The Morgan fingerprint density at radius 1 is 1.43 bits per heavy atom. The molecule has 1 amide bonds. The molecule has 6 nitrogen and oxygen atoms in total. The summed E-state index contributed by atoms with van der Waals surface area (Å²) in [6, 6.07) is 6.15. The van der Waals surface area contributed by atoms with E-state index in [1.165, 1.54) is 12.0 Å². The van der Waals surface area contributed by atoms with Crippen LogP contribution in [0.25, 0.3) is 0 Å². The minimum atomic E-state index is -0.730. The molecule has 0 N–H and O–H groups in total. The summed E-state index contributed by atoms with van der Waals surface area (Å²) < 4.78 is 15.3. The Morgan fingerprint density at radius 2 is 2.19 bits per heavy atom. The molecule has 0 spiro atoms. The van der Waals surface area contributed by atoms with Crippen molar-refractivity contribution in [3.8, 4) is 5.75 Å². The first-order valence-electron chi connectivity index (χ1n) is 6.46. The van der Waals surface area contributed by atoms with Gasteiger partial charge in [0.1, 0.15) is 5.75 Å². The highest BCUT2D eigenvalue weighted by molar-refractivity contribution is 6.32. The molecule has 0 aliphatic carbocycles. The number of hydrogen-bond acceptors (Lipinski definition) is 5. The molecule has 1 fully saturated rings. The van der Waals surface area contributed by atoms with Gasteiger partial charge < -0.3 is 19.1 Å². The number of amides is 1. The topological polar surface area (TPSA) is 65.1 Å². The zero-order valence-electron chi connectivity index (χ0n) is 11.6. The Hall–Kier alpha value is -1.79. The zero-order valence-corrected chi connectivity index (χ0v) is 12.3. The monoisotopic (exact) mass is 313 g/mol. The van der Waals surface area contributed by atoms with E-state index in [2.05, 4.69) is 4.74 Å². The van der Waals surface area contributed by atoms with E-state index in [9.17, 15) is 9.59 Å². The van der Waals surface area contributed by atoms with Gasteiger partial charge in [0.05, 0.1) is 25.3 Å². The smallest absolute Gasteiger partial charge is 0.331 e. The van der Waals surface area contributed by atoms with E-state index < -0.39 is 12.0 Å². The van der Waals surface area contributed by atoms with E-state index in [1.807, 2.05) is 0 Å². The van der Waals surface area contributed by atoms with Crippen LogP contribution in [0.4, 0.5) is 0 Å². The second kappa shape index (κ2) is 7.28. The lowest BCUT2D eigenvalue weighted by atomic mass is 10.2. The zero-order chi connectivity index (χ0) is 15.2. The molecule has 0 aromatic heterocycles. The van der Waals surface area contributed by atoms with Crippen LogP contribution in [0, 0.1) is 0 Å². The summed E-state index contributed by atoms with van der Waals surface area (Å²) in [5.41, 5.74) is 0. The van der Waals surface area contributed by atoms with Crippen LogP contribution >= 0.6 is 11.6 Å². The number of hydrogen-bond donors (Lipinski definition) is 0. The molecular formula is C14H16ClNO5. The number of carbonyl (C=O) groups excluding carboxylic acids is 2. The van der Waals surface area contributed by atoms with Crippen molar-refractivity contribution in [2.75, 3.05) is 33.5 Å². The van der Waals surface area contributed by atoms with Crippen LogP contribution in [-0.2, 0) is 19.1 Å². The molecule has 1 heterocycles. The summed E-state index contributed by atoms with van der Waals surface area (Å²) in [7, 11) is 1.28. The van der Waals surface area contributed by atoms with Crippen LogP contribution in [-0.4, -0.2) is 56.3 Å². The molecule has 1 unspecified atom stereocenters. The van der Waals surface area contributed by atoms with E-state index in [0.29, 0.717) is 23.9 Å². The highest BCUT2D eigenvalue weighted by Gasteiger charge is 2.33. The standard InChI is InChI=1S/C14H16ClNO5/c1-19-14(18)11-8-20-7-6-16(11)13(17)9-21-12-5-3-2-4-10(12)15/h2-5,11H,6-9H2,1H3. The third-order valence-electron chi connectivity index (χ3n) is 3.11. The molecule has 1 aromatic rings. The van der Waals surface area contributed by atoms with Gasteiger partial charge in [-0.25, -0.2) is 4.79 Å². The van der Waals surface area contributed by atoms with Crippen LogP contribution in [0.3, 0.4) is 0 Å². The van der Waals surface area contributed by atoms with Gasteiger partial charge in [0.2, 0.25) is 0 Å². The predicted molar refractivity (Wildman–Crippen MR) is 75.3 cm³/mol. The first-order valence-corrected chi connectivity index (χ1v) is 6.83. The number of rotatable bonds is 4. The second-order valence-electron chi connectivity index (χ2n) is 4.42. The molecule has 1 aliphatic rings. The van der Waals surface area contributed by atoms with Crippen LogP contribution in [0.15, 0.2) is 24.3 Å².